The van der Waals surface area contributed by atoms with Gasteiger partial charge in [-0.2, -0.15) is 0 Å². The average molecular weight is 380 g/mol. The minimum Gasteiger partial charge on any atom is -0.493 e. The summed E-state index contributed by atoms with van der Waals surface area (Å²) in [6, 6.07) is 6.36. The van der Waals surface area contributed by atoms with Crippen LogP contribution >= 0.6 is 11.6 Å². The van der Waals surface area contributed by atoms with Crippen molar-refractivity contribution in [2.75, 3.05) is 20.8 Å². The SMILES string of the molecule is COc1cc(CNC(=O)c2cc(Cl)c(OCC(N)=O)c(OC)c2)ccn1. The number of nitrogens with one attached hydrogen (secondary N) is 1. The van der Waals surface area contributed by atoms with Crippen LogP contribution in [-0.2, 0) is 11.3 Å². The number of halogens is 1. The lowest BCUT2D eigenvalue weighted by Gasteiger charge is -2.13. The molecule has 0 unspecified atom stereocenters. The maximum atomic E-state index is 12.4. The second-order valence-corrected chi connectivity index (χ2v) is 5.54. The van der Waals surface area contributed by atoms with E-state index in [2.05, 4.69) is 10.3 Å². The smallest absolute Gasteiger partial charge is 0.255 e. The summed E-state index contributed by atoms with van der Waals surface area (Å²) < 4.78 is 15.4. The third-order valence-corrected chi connectivity index (χ3v) is 3.59. The summed E-state index contributed by atoms with van der Waals surface area (Å²) in [6.45, 7) is -0.0803. The van der Waals surface area contributed by atoms with E-state index in [0.717, 1.165) is 5.56 Å². The summed E-state index contributed by atoms with van der Waals surface area (Å²) in [4.78, 5) is 27.2. The molecule has 0 spiro atoms. The van der Waals surface area contributed by atoms with Crippen molar-refractivity contribution in [2.45, 2.75) is 6.54 Å². The fourth-order valence-electron chi connectivity index (χ4n) is 2.09. The van der Waals surface area contributed by atoms with Crippen molar-refractivity contribution in [1.82, 2.24) is 10.3 Å². The van der Waals surface area contributed by atoms with Crippen molar-refractivity contribution >= 4 is 23.4 Å². The summed E-state index contributed by atoms with van der Waals surface area (Å²) in [7, 11) is 2.91. The Morgan fingerprint density at radius 1 is 1.23 bits per heavy atom. The largest absolute Gasteiger partial charge is 0.493 e. The number of primary amides is 1. The molecular weight excluding hydrogens is 362 g/mol. The van der Waals surface area contributed by atoms with Gasteiger partial charge < -0.3 is 25.3 Å². The number of carbonyl (C=O) groups is 2. The molecule has 0 aliphatic rings. The highest BCUT2D eigenvalue weighted by molar-refractivity contribution is 6.32. The van der Waals surface area contributed by atoms with Crippen LogP contribution in [0.1, 0.15) is 15.9 Å². The lowest BCUT2D eigenvalue weighted by atomic mass is 10.1. The zero-order chi connectivity index (χ0) is 19.1. The highest BCUT2D eigenvalue weighted by Gasteiger charge is 2.16. The van der Waals surface area contributed by atoms with Gasteiger partial charge >= 0.3 is 0 Å². The van der Waals surface area contributed by atoms with Crippen LogP contribution in [0.5, 0.6) is 17.4 Å². The number of methoxy groups -OCH3 is 2. The third kappa shape index (κ3) is 5.00. The van der Waals surface area contributed by atoms with Crippen LogP contribution in [0.2, 0.25) is 5.02 Å². The maximum absolute atomic E-state index is 12.4. The molecule has 0 bridgehead atoms. The Bertz CT molecular complexity index is 813. The van der Waals surface area contributed by atoms with Gasteiger partial charge in [-0.3, -0.25) is 9.59 Å². The molecule has 0 fully saturated rings. The van der Waals surface area contributed by atoms with Crippen molar-refractivity contribution in [3.8, 4) is 17.4 Å². The molecule has 0 aliphatic carbocycles. The van der Waals surface area contributed by atoms with Gasteiger partial charge in [0.2, 0.25) is 5.88 Å². The molecule has 9 heteroatoms. The van der Waals surface area contributed by atoms with Crippen molar-refractivity contribution in [2.24, 2.45) is 5.73 Å². The Kier molecular flexibility index (Phi) is 6.62. The first-order chi connectivity index (χ1) is 12.4. The van der Waals surface area contributed by atoms with E-state index < -0.39 is 5.91 Å². The Balaban J connectivity index is 2.12. The Morgan fingerprint density at radius 3 is 2.65 bits per heavy atom. The molecule has 2 aromatic rings. The predicted molar refractivity (Wildman–Crippen MR) is 94.7 cm³/mol. The van der Waals surface area contributed by atoms with Gasteiger partial charge in [-0.1, -0.05) is 11.6 Å². The molecule has 138 valence electrons. The van der Waals surface area contributed by atoms with Crippen LogP contribution in [0.15, 0.2) is 30.5 Å². The van der Waals surface area contributed by atoms with Gasteiger partial charge in [-0.15, -0.1) is 0 Å². The molecule has 2 rings (SSSR count). The second kappa shape index (κ2) is 8.91. The van der Waals surface area contributed by atoms with Crippen LogP contribution in [0.4, 0.5) is 0 Å². The number of nitrogens with two attached hydrogens (primary N) is 1. The Morgan fingerprint density at radius 2 is 2.00 bits per heavy atom. The number of hydrogen-bond acceptors (Lipinski definition) is 6. The van der Waals surface area contributed by atoms with Crippen LogP contribution in [0, 0.1) is 0 Å². The van der Waals surface area contributed by atoms with E-state index in [1.165, 1.54) is 26.4 Å². The van der Waals surface area contributed by atoms with Crippen LogP contribution in [0.25, 0.3) is 0 Å². The number of amides is 2. The van der Waals surface area contributed by atoms with Crippen molar-refractivity contribution in [3.63, 3.8) is 0 Å². The summed E-state index contributed by atoms with van der Waals surface area (Å²) in [6.07, 6.45) is 1.59. The topological polar surface area (TPSA) is 113 Å². The molecule has 1 heterocycles. The van der Waals surface area contributed by atoms with Gasteiger partial charge in [0.1, 0.15) is 0 Å². The minimum absolute atomic E-state index is 0.126. The first-order valence-corrected chi connectivity index (χ1v) is 7.88. The Hall–Kier alpha value is -3.00. The quantitative estimate of drug-likeness (QED) is 0.719. The van der Waals surface area contributed by atoms with Crippen LogP contribution in [0.3, 0.4) is 0 Å². The van der Waals surface area contributed by atoms with E-state index in [-0.39, 0.29) is 41.1 Å². The van der Waals surface area contributed by atoms with E-state index in [1.807, 2.05) is 0 Å². The normalized spacial score (nSPS) is 10.1. The van der Waals surface area contributed by atoms with Crippen molar-refractivity contribution in [3.05, 3.63) is 46.6 Å². The van der Waals surface area contributed by atoms with Gasteiger partial charge in [0, 0.05) is 24.4 Å². The van der Waals surface area contributed by atoms with E-state index >= 15 is 0 Å². The standard InChI is InChI=1S/C17H18ClN3O5/c1-24-13-7-11(6-12(18)16(13)26-9-14(19)22)17(23)21-8-10-3-4-20-15(5-10)25-2/h3-7H,8-9H2,1-2H3,(H2,19,22)(H,21,23). The number of hydrogen-bond donors (Lipinski definition) is 2. The maximum Gasteiger partial charge on any atom is 0.255 e. The van der Waals surface area contributed by atoms with Gasteiger partial charge in [-0.05, 0) is 23.8 Å². The fourth-order valence-corrected chi connectivity index (χ4v) is 2.36. The van der Waals surface area contributed by atoms with Gasteiger partial charge in [0.25, 0.3) is 11.8 Å². The average Bonchev–Trinajstić information content (AvgIpc) is 2.64. The number of aromatic nitrogens is 1. The molecule has 2 amide bonds. The van der Waals surface area contributed by atoms with E-state index in [9.17, 15) is 9.59 Å². The molecule has 0 atom stereocenters. The number of rotatable bonds is 8. The number of nitrogens with zero attached hydrogens (tertiary/aromatic N) is 1. The fraction of sp³-hybridized carbons (Fsp3) is 0.235. The molecule has 26 heavy (non-hydrogen) atoms. The van der Waals surface area contributed by atoms with E-state index in [1.54, 1.807) is 18.3 Å². The van der Waals surface area contributed by atoms with Gasteiger partial charge in [0.05, 0.1) is 19.2 Å². The van der Waals surface area contributed by atoms with E-state index in [4.69, 9.17) is 31.5 Å². The molecule has 0 saturated heterocycles. The zero-order valence-corrected chi connectivity index (χ0v) is 15.0. The van der Waals surface area contributed by atoms with E-state index in [0.29, 0.717) is 5.88 Å². The highest BCUT2D eigenvalue weighted by atomic mass is 35.5. The summed E-state index contributed by atoms with van der Waals surface area (Å²) in [5, 5.41) is 2.89. The minimum atomic E-state index is -0.655. The molecule has 8 nitrogen and oxygen atoms in total. The number of carbonyl (C=O) groups excluding carboxylic acids is 2. The molecule has 1 aromatic carbocycles. The molecule has 1 aromatic heterocycles. The lowest BCUT2D eigenvalue weighted by Crippen LogP contribution is -2.23. The molecule has 0 radical (unpaired) electrons. The van der Waals surface area contributed by atoms with Gasteiger partial charge in [-0.25, -0.2) is 4.98 Å². The Labute approximate surface area is 155 Å². The predicted octanol–water partition coefficient (Wildman–Crippen LogP) is 1.55. The number of benzene rings is 1. The van der Waals surface area contributed by atoms with Crippen molar-refractivity contribution < 1.29 is 23.8 Å². The molecule has 0 saturated carbocycles. The number of ether oxygens (including phenoxy) is 3. The highest BCUT2D eigenvalue weighted by Crippen LogP contribution is 2.36. The monoisotopic (exact) mass is 379 g/mol. The van der Waals surface area contributed by atoms with Crippen LogP contribution < -0.4 is 25.3 Å². The summed E-state index contributed by atoms with van der Waals surface area (Å²) >= 11 is 6.14. The lowest BCUT2D eigenvalue weighted by molar-refractivity contribution is -0.119. The zero-order valence-electron chi connectivity index (χ0n) is 14.2. The molecular formula is C17H18ClN3O5. The molecule has 0 aliphatic heterocycles. The van der Waals surface area contributed by atoms with Crippen molar-refractivity contribution in [1.29, 1.82) is 0 Å². The molecule has 3 N–H and O–H groups in total. The first-order valence-electron chi connectivity index (χ1n) is 7.50. The summed E-state index contributed by atoms with van der Waals surface area (Å²) in [5.41, 5.74) is 6.15. The summed E-state index contributed by atoms with van der Waals surface area (Å²) in [5.74, 6) is -0.199. The van der Waals surface area contributed by atoms with Crippen LogP contribution in [-0.4, -0.2) is 37.6 Å². The third-order valence-electron chi connectivity index (χ3n) is 3.31. The first kappa shape index (κ1) is 19.3. The number of pyridine rings is 1. The second-order valence-electron chi connectivity index (χ2n) is 5.13. The van der Waals surface area contributed by atoms with Gasteiger partial charge in [0.15, 0.2) is 18.1 Å².